The molecule has 1 heterocycles. The molecular weight excluding hydrogens is 190 g/mol. The van der Waals surface area contributed by atoms with Crippen LogP contribution in [0.25, 0.3) is 0 Å². The van der Waals surface area contributed by atoms with Crippen LogP contribution in [0, 0.1) is 0 Å². The number of aromatic amines is 1. The molecule has 1 fully saturated rings. The highest BCUT2D eigenvalue weighted by Crippen LogP contribution is 2.17. The van der Waals surface area contributed by atoms with Gasteiger partial charge in [0.25, 0.3) is 5.91 Å². The number of nitrogens with two attached hydrogens (primary N) is 1. The summed E-state index contributed by atoms with van der Waals surface area (Å²) in [6.07, 6.45) is 7.49. The van der Waals surface area contributed by atoms with E-state index in [1.165, 1.54) is 0 Å². The van der Waals surface area contributed by atoms with Gasteiger partial charge < -0.3 is 16.0 Å². The van der Waals surface area contributed by atoms with Gasteiger partial charge >= 0.3 is 0 Å². The minimum atomic E-state index is 0.0109. The Balaban J connectivity index is 1.85. The van der Waals surface area contributed by atoms with Gasteiger partial charge in [-0.15, -0.1) is 0 Å². The van der Waals surface area contributed by atoms with E-state index in [0.29, 0.717) is 17.6 Å². The molecule has 0 unspecified atom stereocenters. The van der Waals surface area contributed by atoms with Crippen LogP contribution in [0.3, 0.4) is 0 Å². The molecule has 0 aliphatic heterocycles. The topological polar surface area (TPSA) is 70.9 Å². The van der Waals surface area contributed by atoms with Gasteiger partial charge in [0.05, 0.1) is 5.56 Å². The zero-order chi connectivity index (χ0) is 10.7. The van der Waals surface area contributed by atoms with Crippen molar-refractivity contribution in [1.29, 1.82) is 0 Å². The lowest BCUT2D eigenvalue weighted by Crippen LogP contribution is -2.40. The van der Waals surface area contributed by atoms with E-state index in [1.54, 1.807) is 18.5 Å². The van der Waals surface area contributed by atoms with Crippen molar-refractivity contribution in [1.82, 2.24) is 10.3 Å². The molecule has 1 saturated carbocycles. The van der Waals surface area contributed by atoms with Crippen LogP contribution >= 0.6 is 0 Å². The number of hydrogen-bond acceptors (Lipinski definition) is 2. The number of carbonyl (C=O) groups is 1. The van der Waals surface area contributed by atoms with Crippen LogP contribution in [-0.2, 0) is 0 Å². The maximum atomic E-state index is 11.7. The summed E-state index contributed by atoms with van der Waals surface area (Å²) in [6.45, 7) is 0. The van der Waals surface area contributed by atoms with Crippen molar-refractivity contribution in [2.45, 2.75) is 37.8 Å². The lowest BCUT2D eigenvalue weighted by Gasteiger charge is -2.26. The maximum Gasteiger partial charge on any atom is 0.253 e. The molecule has 0 spiro atoms. The van der Waals surface area contributed by atoms with Crippen molar-refractivity contribution in [2.24, 2.45) is 5.73 Å². The van der Waals surface area contributed by atoms with Gasteiger partial charge in [0.15, 0.2) is 0 Å². The number of hydrogen-bond donors (Lipinski definition) is 3. The van der Waals surface area contributed by atoms with E-state index in [-0.39, 0.29) is 5.91 Å². The molecule has 1 aromatic heterocycles. The average Bonchev–Trinajstić information content (AvgIpc) is 2.74. The summed E-state index contributed by atoms with van der Waals surface area (Å²) in [5, 5.41) is 3.03. The number of carbonyl (C=O) groups excluding carboxylic acids is 1. The van der Waals surface area contributed by atoms with Crippen molar-refractivity contribution in [3.63, 3.8) is 0 Å². The molecule has 0 bridgehead atoms. The molecule has 4 N–H and O–H groups in total. The summed E-state index contributed by atoms with van der Waals surface area (Å²) < 4.78 is 0. The summed E-state index contributed by atoms with van der Waals surface area (Å²) in [5.74, 6) is 0.0109. The highest BCUT2D eigenvalue weighted by molar-refractivity contribution is 5.94. The monoisotopic (exact) mass is 207 g/mol. The summed E-state index contributed by atoms with van der Waals surface area (Å²) >= 11 is 0. The third-order valence-corrected chi connectivity index (χ3v) is 2.97. The Morgan fingerprint density at radius 3 is 2.73 bits per heavy atom. The van der Waals surface area contributed by atoms with Crippen LogP contribution in [0.2, 0.25) is 0 Å². The Labute approximate surface area is 89.2 Å². The number of rotatable bonds is 2. The number of H-pyrrole nitrogens is 1. The SMILES string of the molecule is NC1CCC(NC(=O)c2cc[nH]c2)CC1. The van der Waals surface area contributed by atoms with Crippen LogP contribution < -0.4 is 11.1 Å². The van der Waals surface area contributed by atoms with E-state index in [9.17, 15) is 4.79 Å². The lowest BCUT2D eigenvalue weighted by atomic mass is 9.92. The lowest BCUT2D eigenvalue weighted by molar-refractivity contribution is 0.0926. The first-order valence-corrected chi connectivity index (χ1v) is 5.45. The molecule has 1 aliphatic rings. The van der Waals surface area contributed by atoms with Crippen LogP contribution in [-0.4, -0.2) is 23.0 Å². The van der Waals surface area contributed by atoms with Gasteiger partial charge in [-0.1, -0.05) is 0 Å². The number of nitrogens with one attached hydrogen (secondary N) is 2. The summed E-state index contributed by atoms with van der Waals surface area (Å²) in [5.41, 5.74) is 6.50. The highest BCUT2D eigenvalue weighted by Gasteiger charge is 2.20. The zero-order valence-electron chi connectivity index (χ0n) is 8.70. The molecule has 0 aromatic carbocycles. The van der Waals surface area contributed by atoms with E-state index in [4.69, 9.17) is 5.73 Å². The zero-order valence-corrected chi connectivity index (χ0v) is 8.70. The Kier molecular flexibility index (Phi) is 3.06. The van der Waals surface area contributed by atoms with Crippen LogP contribution in [0.4, 0.5) is 0 Å². The van der Waals surface area contributed by atoms with E-state index in [2.05, 4.69) is 10.3 Å². The second-order valence-electron chi connectivity index (χ2n) is 4.18. The van der Waals surface area contributed by atoms with Crippen LogP contribution in [0.15, 0.2) is 18.5 Å². The normalized spacial score (nSPS) is 26.2. The Morgan fingerprint density at radius 1 is 1.40 bits per heavy atom. The second-order valence-corrected chi connectivity index (χ2v) is 4.18. The summed E-state index contributed by atoms with van der Waals surface area (Å²) in [7, 11) is 0. The van der Waals surface area contributed by atoms with Gasteiger partial charge in [-0.25, -0.2) is 0 Å². The van der Waals surface area contributed by atoms with E-state index in [0.717, 1.165) is 25.7 Å². The Hall–Kier alpha value is -1.29. The summed E-state index contributed by atoms with van der Waals surface area (Å²) in [4.78, 5) is 14.6. The first kappa shape index (κ1) is 10.2. The third kappa shape index (κ3) is 2.59. The minimum absolute atomic E-state index is 0.0109. The van der Waals surface area contributed by atoms with Crippen molar-refractivity contribution >= 4 is 5.91 Å². The van der Waals surface area contributed by atoms with Gasteiger partial charge in [-0.3, -0.25) is 4.79 Å². The largest absolute Gasteiger partial charge is 0.367 e. The van der Waals surface area contributed by atoms with Gasteiger partial charge in [0.1, 0.15) is 0 Å². The molecule has 15 heavy (non-hydrogen) atoms. The standard InChI is InChI=1S/C11H17N3O/c12-9-1-3-10(4-2-9)14-11(15)8-5-6-13-7-8/h5-7,9-10,13H,1-4,12H2,(H,14,15). The van der Waals surface area contributed by atoms with E-state index in [1.807, 2.05) is 0 Å². The molecule has 1 aromatic rings. The maximum absolute atomic E-state index is 11.7. The van der Waals surface area contributed by atoms with Gasteiger partial charge in [-0.05, 0) is 31.7 Å². The predicted molar refractivity (Wildman–Crippen MR) is 58.5 cm³/mol. The third-order valence-electron chi connectivity index (χ3n) is 2.97. The molecule has 82 valence electrons. The fourth-order valence-electron chi connectivity index (χ4n) is 2.00. The smallest absolute Gasteiger partial charge is 0.253 e. The molecule has 1 amide bonds. The molecular formula is C11H17N3O. The second kappa shape index (κ2) is 4.49. The minimum Gasteiger partial charge on any atom is -0.367 e. The highest BCUT2D eigenvalue weighted by atomic mass is 16.1. The van der Waals surface area contributed by atoms with Crippen molar-refractivity contribution in [3.8, 4) is 0 Å². The molecule has 0 atom stereocenters. The number of amides is 1. The van der Waals surface area contributed by atoms with Crippen molar-refractivity contribution < 1.29 is 4.79 Å². The summed E-state index contributed by atoms with van der Waals surface area (Å²) in [6, 6.07) is 2.40. The Morgan fingerprint density at radius 2 is 2.13 bits per heavy atom. The molecule has 4 nitrogen and oxygen atoms in total. The van der Waals surface area contributed by atoms with Crippen molar-refractivity contribution in [3.05, 3.63) is 24.0 Å². The van der Waals surface area contributed by atoms with Crippen LogP contribution in [0.1, 0.15) is 36.0 Å². The Bertz CT molecular complexity index is 313. The first-order valence-electron chi connectivity index (χ1n) is 5.45. The van der Waals surface area contributed by atoms with Gasteiger partial charge in [-0.2, -0.15) is 0 Å². The predicted octanol–water partition coefficient (Wildman–Crippen LogP) is 1.01. The van der Waals surface area contributed by atoms with Gasteiger partial charge in [0, 0.05) is 24.5 Å². The number of aromatic nitrogens is 1. The molecule has 2 rings (SSSR count). The fraction of sp³-hybridized carbons (Fsp3) is 0.545. The molecule has 0 radical (unpaired) electrons. The molecule has 1 aliphatic carbocycles. The molecule has 0 saturated heterocycles. The van der Waals surface area contributed by atoms with Crippen LogP contribution in [0.5, 0.6) is 0 Å². The molecule has 4 heteroatoms. The quantitative estimate of drug-likeness (QED) is 0.677. The average molecular weight is 207 g/mol. The fourth-order valence-corrected chi connectivity index (χ4v) is 2.00. The van der Waals surface area contributed by atoms with Crippen molar-refractivity contribution in [2.75, 3.05) is 0 Å². The van der Waals surface area contributed by atoms with E-state index >= 15 is 0 Å². The van der Waals surface area contributed by atoms with Gasteiger partial charge in [0.2, 0.25) is 0 Å². The van der Waals surface area contributed by atoms with E-state index < -0.39 is 0 Å². The first-order chi connectivity index (χ1) is 7.25.